The van der Waals surface area contributed by atoms with Gasteiger partial charge in [0.1, 0.15) is 11.9 Å². The van der Waals surface area contributed by atoms with E-state index < -0.39 is 0 Å². The van der Waals surface area contributed by atoms with E-state index in [9.17, 15) is 9.59 Å². The van der Waals surface area contributed by atoms with E-state index in [1.165, 1.54) is 6.42 Å². The molecule has 6 nitrogen and oxygen atoms in total. The molecule has 4 rings (SSSR count). The molecule has 0 radical (unpaired) electrons. The van der Waals surface area contributed by atoms with Gasteiger partial charge in [-0.3, -0.25) is 14.5 Å². The van der Waals surface area contributed by atoms with Gasteiger partial charge in [0.05, 0.1) is 0 Å². The van der Waals surface area contributed by atoms with Crippen LogP contribution in [0.4, 0.5) is 0 Å². The van der Waals surface area contributed by atoms with E-state index >= 15 is 0 Å². The van der Waals surface area contributed by atoms with Gasteiger partial charge in [0, 0.05) is 50.0 Å². The fraction of sp³-hybridized carbons (Fsp3) is 0.652. The summed E-state index contributed by atoms with van der Waals surface area (Å²) in [5.41, 5.74) is 0.670. The van der Waals surface area contributed by atoms with Gasteiger partial charge in [-0.25, -0.2) is 0 Å². The van der Waals surface area contributed by atoms with Crippen LogP contribution < -0.4 is 10.1 Å². The predicted molar refractivity (Wildman–Crippen MR) is 112 cm³/mol. The molecule has 2 amide bonds. The lowest BCUT2D eigenvalue weighted by atomic mass is 10.1. The smallest absolute Gasteiger partial charge is 0.251 e. The molecule has 3 aliphatic rings. The molecule has 1 aliphatic carbocycles. The molecule has 0 bridgehead atoms. The van der Waals surface area contributed by atoms with Crippen molar-refractivity contribution < 1.29 is 14.3 Å². The minimum Gasteiger partial charge on any atom is -0.490 e. The van der Waals surface area contributed by atoms with Gasteiger partial charge < -0.3 is 15.0 Å². The summed E-state index contributed by atoms with van der Waals surface area (Å²) in [7, 11) is 0. The number of amides is 2. The Bertz CT molecular complexity index is 709. The summed E-state index contributed by atoms with van der Waals surface area (Å²) in [6.07, 6.45) is 6.38. The van der Waals surface area contributed by atoms with Gasteiger partial charge in [0.2, 0.25) is 5.91 Å². The number of hydrogen-bond donors (Lipinski definition) is 1. The second kappa shape index (κ2) is 9.16. The van der Waals surface area contributed by atoms with E-state index in [1.54, 1.807) is 0 Å². The highest BCUT2D eigenvalue weighted by Gasteiger charge is 2.35. The molecule has 1 aromatic carbocycles. The topological polar surface area (TPSA) is 61.9 Å². The average molecular weight is 400 g/mol. The van der Waals surface area contributed by atoms with Crippen LogP contribution in [-0.4, -0.2) is 66.5 Å². The molecule has 1 saturated carbocycles. The molecule has 1 N–H and O–H groups in total. The van der Waals surface area contributed by atoms with Crippen LogP contribution in [-0.2, 0) is 4.79 Å². The van der Waals surface area contributed by atoms with Gasteiger partial charge >= 0.3 is 0 Å². The Morgan fingerprint density at radius 3 is 2.41 bits per heavy atom. The molecule has 1 aromatic rings. The maximum atomic E-state index is 12.4. The Morgan fingerprint density at radius 1 is 1.03 bits per heavy atom. The highest BCUT2D eigenvalue weighted by Crippen LogP contribution is 2.32. The molecule has 2 heterocycles. The lowest BCUT2D eigenvalue weighted by Gasteiger charge is -2.32. The summed E-state index contributed by atoms with van der Waals surface area (Å²) < 4.78 is 6.09. The number of hydrogen-bond acceptors (Lipinski definition) is 4. The number of piperidine rings is 1. The zero-order valence-electron chi connectivity index (χ0n) is 17.4. The molecule has 3 fully saturated rings. The zero-order chi connectivity index (χ0) is 20.2. The van der Waals surface area contributed by atoms with Crippen molar-refractivity contribution in [1.29, 1.82) is 0 Å². The molecule has 0 spiro atoms. The lowest BCUT2D eigenvalue weighted by Crippen LogP contribution is -2.42. The number of benzene rings is 1. The third-order valence-electron chi connectivity index (χ3n) is 6.50. The highest BCUT2D eigenvalue weighted by molar-refractivity contribution is 5.94. The zero-order valence-corrected chi connectivity index (χ0v) is 17.4. The maximum absolute atomic E-state index is 12.4. The number of likely N-dealkylation sites (N-methyl/N-ethyl adjacent to an activating group) is 1. The van der Waals surface area contributed by atoms with Crippen LogP contribution in [0.2, 0.25) is 0 Å². The molecule has 2 aliphatic heterocycles. The normalized spacial score (nSPS) is 23.2. The molecule has 0 aromatic heterocycles. The van der Waals surface area contributed by atoms with Crippen molar-refractivity contribution in [3.05, 3.63) is 29.8 Å². The van der Waals surface area contributed by atoms with E-state index in [1.807, 2.05) is 29.2 Å². The largest absolute Gasteiger partial charge is 0.490 e. The summed E-state index contributed by atoms with van der Waals surface area (Å²) in [5, 5.41) is 3.08. The number of carbonyl (C=O) groups is 2. The molecular formula is C23H33N3O3. The molecule has 29 heavy (non-hydrogen) atoms. The van der Waals surface area contributed by atoms with Crippen molar-refractivity contribution in [1.82, 2.24) is 15.1 Å². The van der Waals surface area contributed by atoms with Crippen LogP contribution in [0.25, 0.3) is 0 Å². The van der Waals surface area contributed by atoms with Crippen molar-refractivity contribution in [2.24, 2.45) is 5.92 Å². The second-order valence-electron chi connectivity index (χ2n) is 8.58. The number of nitrogens with one attached hydrogen (secondary N) is 1. The van der Waals surface area contributed by atoms with Crippen LogP contribution >= 0.6 is 0 Å². The van der Waals surface area contributed by atoms with Gasteiger partial charge in [-0.1, -0.05) is 6.92 Å². The monoisotopic (exact) mass is 399 g/mol. The highest BCUT2D eigenvalue weighted by atomic mass is 16.5. The second-order valence-corrected chi connectivity index (χ2v) is 8.58. The fourth-order valence-corrected chi connectivity index (χ4v) is 4.52. The lowest BCUT2D eigenvalue weighted by molar-refractivity contribution is -0.134. The third kappa shape index (κ3) is 5.10. The van der Waals surface area contributed by atoms with Crippen molar-refractivity contribution in [3.8, 4) is 5.75 Å². The Morgan fingerprint density at radius 2 is 1.76 bits per heavy atom. The van der Waals surface area contributed by atoms with Crippen LogP contribution in [0, 0.1) is 5.92 Å². The first kappa shape index (κ1) is 20.2. The first-order valence-corrected chi connectivity index (χ1v) is 11.2. The van der Waals surface area contributed by atoms with Crippen LogP contribution in [0.1, 0.15) is 55.8 Å². The molecule has 158 valence electrons. The SMILES string of the molecule is CCN1CCCC1CNC(=O)c1ccc(OC2CCN(C(=O)C3CC3)CC2)cc1. The van der Waals surface area contributed by atoms with E-state index in [-0.39, 0.29) is 12.0 Å². The van der Waals surface area contributed by atoms with E-state index in [4.69, 9.17) is 4.74 Å². The Labute approximate surface area is 173 Å². The minimum absolute atomic E-state index is 0.0219. The molecular weight excluding hydrogens is 366 g/mol. The molecule has 1 atom stereocenters. The van der Waals surface area contributed by atoms with Crippen molar-refractivity contribution in [2.75, 3.05) is 32.7 Å². The minimum atomic E-state index is -0.0219. The summed E-state index contributed by atoms with van der Waals surface area (Å²) >= 11 is 0. The quantitative estimate of drug-likeness (QED) is 0.766. The van der Waals surface area contributed by atoms with Crippen LogP contribution in [0.5, 0.6) is 5.75 Å². The number of ether oxygens (including phenoxy) is 1. The average Bonchev–Trinajstić information content (AvgIpc) is 3.50. The van der Waals surface area contributed by atoms with Crippen LogP contribution in [0.15, 0.2) is 24.3 Å². The van der Waals surface area contributed by atoms with Crippen LogP contribution in [0.3, 0.4) is 0 Å². The molecule has 6 heteroatoms. The van der Waals surface area contributed by atoms with Gasteiger partial charge in [-0.15, -0.1) is 0 Å². The molecule has 2 saturated heterocycles. The van der Waals surface area contributed by atoms with Gasteiger partial charge in [-0.2, -0.15) is 0 Å². The van der Waals surface area contributed by atoms with E-state index in [2.05, 4.69) is 17.1 Å². The van der Waals surface area contributed by atoms with Gasteiger partial charge in [0.15, 0.2) is 0 Å². The number of likely N-dealkylation sites (tertiary alicyclic amines) is 2. The Kier molecular flexibility index (Phi) is 6.38. The first-order valence-electron chi connectivity index (χ1n) is 11.2. The maximum Gasteiger partial charge on any atom is 0.251 e. The summed E-state index contributed by atoms with van der Waals surface area (Å²) in [4.78, 5) is 29.0. The van der Waals surface area contributed by atoms with E-state index in [0.29, 0.717) is 30.0 Å². The summed E-state index contributed by atoms with van der Waals surface area (Å²) in [5.74, 6) is 1.40. The Hall–Kier alpha value is -2.08. The van der Waals surface area contributed by atoms with Crippen molar-refractivity contribution >= 4 is 11.8 Å². The summed E-state index contributed by atoms with van der Waals surface area (Å²) in [6, 6.07) is 7.89. The standard InChI is InChI=1S/C23H33N3O3/c1-2-25-13-3-4-19(25)16-24-22(27)17-7-9-20(10-8-17)29-21-11-14-26(15-12-21)23(28)18-5-6-18/h7-10,18-19,21H,2-6,11-16H2,1H3,(H,24,27). The van der Waals surface area contributed by atoms with Gasteiger partial charge in [0.25, 0.3) is 5.91 Å². The first-order chi connectivity index (χ1) is 14.1. The predicted octanol–water partition coefficient (Wildman–Crippen LogP) is 2.68. The van der Waals surface area contributed by atoms with Crippen molar-refractivity contribution in [3.63, 3.8) is 0 Å². The number of carbonyl (C=O) groups excluding carboxylic acids is 2. The van der Waals surface area contributed by atoms with E-state index in [0.717, 1.165) is 64.0 Å². The number of nitrogens with zero attached hydrogens (tertiary/aromatic N) is 2. The third-order valence-corrected chi connectivity index (χ3v) is 6.50. The Balaban J connectivity index is 1.22. The fourth-order valence-electron chi connectivity index (χ4n) is 4.52. The summed E-state index contributed by atoms with van der Waals surface area (Å²) in [6.45, 7) is 6.64. The van der Waals surface area contributed by atoms with Gasteiger partial charge in [-0.05, 0) is 63.0 Å². The number of rotatable bonds is 7. The van der Waals surface area contributed by atoms with Crippen molar-refractivity contribution in [2.45, 2.75) is 57.6 Å². The molecule has 1 unspecified atom stereocenters.